The summed E-state index contributed by atoms with van der Waals surface area (Å²) in [4.78, 5) is 0. The van der Waals surface area contributed by atoms with Crippen LogP contribution in [0.1, 0.15) is 44.5 Å². The van der Waals surface area contributed by atoms with E-state index >= 15 is 0 Å². The summed E-state index contributed by atoms with van der Waals surface area (Å²) in [5.74, 6) is 18.9. The van der Waals surface area contributed by atoms with E-state index in [2.05, 4.69) is 49.4 Å². The Morgan fingerprint density at radius 1 is 0.394 bits per heavy atom. The van der Waals surface area contributed by atoms with Crippen molar-refractivity contribution in [2.24, 2.45) is 0 Å². The summed E-state index contributed by atoms with van der Waals surface area (Å²) in [6.45, 7) is 4.11. The largest absolute Gasteiger partial charge is 0.207 e. The fraction of sp³-hybridized carbons (Fsp3) is 0.0625. The van der Waals surface area contributed by atoms with Gasteiger partial charge in [-0.1, -0.05) is 70.9 Å². The van der Waals surface area contributed by atoms with Gasteiger partial charge < -0.3 is 0 Å². The molecule has 0 unspecified atom stereocenters. The van der Waals surface area contributed by atoms with Gasteiger partial charge in [0.05, 0.1) is 0 Å². The molecule has 0 spiro atoms. The lowest BCUT2D eigenvalue weighted by Crippen LogP contribution is -1.86. The van der Waals surface area contributed by atoms with Gasteiger partial charge in [-0.3, -0.25) is 0 Å². The maximum atomic E-state index is 13.2. The molecular formula is C32H21F. The lowest BCUT2D eigenvalue weighted by Gasteiger charge is -1.98. The topological polar surface area (TPSA) is 0 Å². The number of halogens is 1. The zero-order valence-corrected chi connectivity index (χ0v) is 18.5. The third-order valence-electron chi connectivity index (χ3n) is 4.93. The monoisotopic (exact) mass is 424 g/mol. The van der Waals surface area contributed by atoms with E-state index in [9.17, 15) is 4.39 Å². The van der Waals surface area contributed by atoms with E-state index in [1.54, 1.807) is 12.1 Å². The highest BCUT2D eigenvalue weighted by Gasteiger charge is 1.98. The van der Waals surface area contributed by atoms with E-state index in [4.69, 9.17) is 0 Å². The number of hydrogen-bond acceptors (Lipinski definition) is 0. The highest BCUT2D eigenvalue weighted by Crippen LogP contribution is 2.11. The molecule has 0 aliphatic rings. The quantitative estimate of drug-likeness (QED) is 0.278. The molecule has 0 nitrogen and oxygen atoms in total. The minimum absolute atomic E-state index is 0.275. The summed E-state index contributed by atoms with van der Waals surface area (Å²) in [6.07, 6.45) is 0. The maximum absolute atomic E-state index is 13.2. The van der Waals surface area contributed by atoms with Crippen molar-refractivity contribution in [2.45, 2.75) is 13.8 Å². The van der Waals surface area contributed by atoms with Crippen molar-refractivity contribution >= 4 is 0 Å². The van der Waals surface area contributed by atoms with Gasteiger partial charge in [0, 0.05) is 33.4 Å². The highest BCUT2D eigenvalue weighted by molar-refractivity contribution is 5.55. The van der Waals surface area contributed by atoms with Crippen LogP contribution in [0.2, 0.25) is 0 Å². The molecule has 0 radical (unpaired) electrons. The van der Waals surface area contributed by atoms with Gasteiger partial charge in [-0.05, 0) is 80.6 Å². The van der Waals surface area contributed by atoms with E-state index in [1.165, 1.54) is 23.3 Å². The number of benzene rings is 4. The standard InChI is InChI=1S/C32H21F/c1-24-3-7-26(8-4-24)11-14-29-21-30(15-12-27-9-5-25(2)6-10-27)23-31(22-29)16-13-28-17-19-32(33)20-18-28/h3-10,17-23H,1-2H3. The van der Waals surface area contributed by atoms with E-state index in [1.807, 2.05) is 66.7 Å². The Labute approximate surface area is 195 Å². The van der Waals surface area contributed by atoms with Gasteiger partial charge >= 0.3 is 0 Å². The van der Waals surface area contributed by atoms with Crippen molar-refractivity contribution < 1.29 is 4.39 Å². The zero-order chi connectivity index (χ0) is 23.0. The second kappa shape index (κ2) is 10.2. The third-order valence-corrected chi connectivity index (χ3v) is 4.93. The molecule has 0 amide bonds. The zero-order valence-electron chi connectivity index (χ0n) is 18.5. The molecule has 0 fully saturated rings. The van der Waals surface area contributed by atoms with E-state index < -0.39 is 0 Å². The molecule has 156 valence electrons. The maximum Gasteiger partial charge on any atom is 0.123 e. The van der Waals surface area contributed by atoms with Crippen LogP contribution in [0.5, 0.6) is 0 Å². The fourth-order valence-electron chi connectivity index (χ4n) is 3.08. The fourth-order valence-corrected chi connectivity index (χ4v) is 3.08. The van der Waals surface area contributed by atoms with Crippen LogP contribution in [0.15, 0.2) is 91.0 Å². The van der Waals surface area contributed by atoms with Crippen molar-refractivity contribution in [3.63, 3.8) is 0 Å². The molecule has 0 aromatic heterocycles. The van der Waals surface area contributed by atoms with E-state index in [0.29, 0.717) is 0 Å². The van der Waals surface area contributed by atoms with Gasteiger partial charge in [0.2, 0.25) is 0 Å². The lowest BCUT2D eigenvalue weighted by molar-refractivity contribution is 0.627. The van der Waals surface area contributed by atoms with Crippen LogP contribution in [0.25, 0.3) is 0 Å². The van der Waals surface area contributed by atoms with Gasteiger partial charge in [0.1, 0.15) is 5.82 Å². The Morgan fingerprint density at radius 2 is 0.667 bits per heavy atom. The predicted octanol–water partition coefficient (Wildman–Crippen LogP) is 6.64. The van der Waals surface area contributed by atoms with Crippen LogP contribution in [0.4, 0.5) is 4.39 Å². The van der Waals surface area contributed by atoms with Gasteiger partial charge in [-0.2, -0.15) is 0 Å². The number of hydrogen-bond donors (Lipinski definition) is 0. The average molecular weight is 425 g/mol. The molecule has 0 saturated carbocycles. The second-order valence-electron chi connectivity index (χ2n) is 7.79. The van der Waals surface area contributed by atoms with Crippen molar-refractivity contribution in [1.82, 2.24) is 0 Å². The van der Waals surface area contributed by atoms with Crippen LogP contribution in [-0.2, 0) is 0 Å². The summed E-state index contributed by atoms with van der Waals surface area (Å²) < 4.78 is 13.2. The van der Waals surface area contributed by atoms with Crippen LogP contribution in [-0.4, -0.2) is 0 Å². The minimum atomic E-state index is -0.275. The Hall–Kier alpha value is -4.51. The smallest absolute Gasteiger partial charge is 0.123 e. The van der Waals surface area contributed by atoms with Gasteiger partial charge in [-0.25, -0.2) is 4.39 Å². The molecule has 0 atom stereocenters. The van der Waals surface area contributed by atoms with Crippen molar-refractivity contribution in [1.29, 1.82) is 0 Å². The SMILES string of the molecule is Cc1ccc(C#Cc2cc(C#Cc3ccc(C)cc3)cc(C#Cc3ccc(F)cc3)c2)cc1. The summed E-state index contributed by atoms with van der Waals surface area (Å²) in [7, 11) is 0. The van der Waals surface area contributed by atoms with E-state index in [-0.39, 0.29) is 5.82 Å². The van der Waals surface area contributed by atoms with Crippen LogP contribution < -0.4 is 0 Å². The van der Waals surface area contributed by atoms with Crippen LogP contribution in [0, 0.1) is 55.2 Å². The molecule has 0 heterocycles. The average Bonchev–Trinajstić information content (AvgIpc) is 2.83. The van der Waals surface area contributed by atoms with E-state index in [0.717, 1.165) is 33.4 Å². The second-order valence-corrected chi connectivity index (χ2v) is 7.79. The molecule has 1 heteroatoms. The number of rotatable bonds is 0. The molecule has 0 bridgehead atoms. The van der Waals surface area contributed by atoms with Crippen LogP contribution >= 0.6 is 0 Å². The summed E-state index contributed by atoms with van der Waals surface area (Å²) in [5.41, 5.74) is 7.55. The van der Waals surface area contributed by atoms with Gasteiger partial charge in [0.15, 0.2) is 0 Å². The Bertz CT molecular complexity index is 1260. The predicted molar refractivity (Wildman–Crippen MR) is 133 cm³/mol. The van der Waals surface area contributed by atoms with Crippen molar-refractivity contribution in [2.75, 3.05) is 0 Å². The summed E-state index contributed by atoms with van der Waals surface area (Å²) in [5, 5.41) is 0. The van der Waals surface area contributed by atoms with Gasteiger partial charge in [-0.15, -0.1) is 0 Å². The molecule has 0 aliphatic carbocycles. The molecule has 0 N–H and O–H groups in total. The highest BCUT2D eigenvalue weighted by atomic mass is 19.1. The molecule has 33 heavy (non-hydrogen) atoms. The first kappa shape index (κ1) is 21.7. The minimum Gasteiger partial charge on any atom is -0.207 e. The van der Waals surface area contributed by atoms with Gasteiger partial charge in [0.25, 0.3) is 0 Å². The molecule has 4 aromatic rings. The Kier molecular flexibility index (Phi) is 6.71. The molecule has 4 aromatic carbocycles. The molecule has 0 saturated heterocycles. The first-order valence-corrected chi connectivity index (χ1v) is 10.6. The molecule has 4 rings (SSSR count). The van der Waals surface area contributed by atoms with Crippen molar-refractivity contribution in [3.8, 4) is 35.5 Å². The summed E-state index contributed by atoms with van der Waals surface area (Å²) in [6, 6.07) is 28.3. The molecule has 0 aliphatic heterocycles. The van der Waals surface area contributed by atoms with Crippen molar-refractivity contribution in [3.05, 3.63) is 141 Å². The van der Waals surface area contributed by atoms with Crippen LogP contribution in [0.3, 0.4) is 0 Å². The summed E-state index contributed by atoms with van der Waals surface area (Å²) >= 11 is 0. The normalized spacial score (nSPS) is 9.55. The Morgan fingerprint density at radius 3 is 1.00 bits per heavy atom. The number of aryl methyl sites for hydroxylation is 2. The Balaban J connectivity index is 1.70. The third kappa shape index (κ3) is 6.48. The molecular weight excluding hydrogens is 403 g/mol. The first-order valence-electron chi connectivity index (χ1n) is 10.6. The first-order chi connectivity index (χ1) is 16.0. The lowest BCUT2D eigenvalue weighted by atomic mass is 10.0.